The van der Waals surface area contributed by atoms with Gasteiger partial charge in [-0.3, -0.25) is 4.99 Å². The Labute approximate surface area is 129 Å². The van der Waals surface area contributed by atoms with Gasteiger partial charge in [-0.25, -0.2) is 0 Å². The fourth-order valence-electron chi connectivity index (χ4n) is 1.60. The molecule has 1 aromatic rings. The van der Waals surface area contributed by atoms with Crippen LogP contribution in [0.5, 0.6) is 0 Å². The van der Waals surface area contributed by atoms with E-state index in [4.69, 9.17) is 0 Å². The van der Waals surface area contributed by atoms with E-state index in [9.17, 15) is 0 Å². The summed E-state index contributed by atoms with van der Waals surface area (Å²) < 4.78 is 0. The van der Waals surface area contributed by atoms with Crippen molar-refractivity contribution in [2.24, 2.45) is 4.99 Å². The Morgan fingerprint density at radius 1 is 1.16 bits per heavy atom. The molecule has 0 saturated carbocycles. The van der Waals surface area contributed by atoms with Gasteiger partial charge in [0.2, 0.25) is 0 Å². The molecule has 0 aliphatic heterocycles. The molecule has 0 aliphatic rings. The van der Waals surface area contributed by atoms with Crippen LogP contribution in [0.1, 0.15) is 34.6 Å². The van der Waals surface area contributed by atoms with E-state index in [2.05, 4.69) is 56.3 Å². The molecule has 0 N–H and O–H groups in total. The maximum atomic E-state index is 4.57. The molecule has 19 heavy (non-hydrogen) atoms. The molecule has 0 heterocycles. The number of rotatable bonds is 3. The molecule has 0 saturated heterocycles. The number of benzene rings is 1. The van der Waals surface area contributed by atoms with Crippen LogP contribution in [0.4, 0.5) is 5.69 Å². The van der Waals surface area contributed by atoms with E-state index in [1.54, 1.807) is 0 Å². The topological polar surface area (TPSA) is 26.5 Å². The molecular formula is C15H21ClCuN2. The third-order valence-electron chi connectivity index (χ3n) is 1.99. The van der Waals surface area contributed by atoms with Crippen LogP contribution in [0, 0.1) is 0 Å². The predicted octanol–water partition coefficient (Wildman–Crippen LogP) is 5.54. The van der Waals surface area contributed by atoms with Crippen LogP contribution in [-0.4, -0.2) is 11.3 Å². The molecule has 1 rings (SSSR count). The van der Waals surface area contributed by atoms with Gasteiger partial charge in [-0.15, -0.1) is 5.54 Å². The van der Waals surface area contributed by atoms with E-state index in [1.807, 2.05) is 50.3 Å². The van der Waals surface area contributed by atoms with Gasteiger partial charge in [0.05, 0.1) is 5.69 Å². The van der Waals surface area contributed by atoms with Gasteiger partial charge in [0.15, 0.2) is 0 Å². The number of allylic oxidation sites excluding steroid dienone is 2. The molecular weight excluding hydrogens is 307 g/mol. The Morgan fingerprint density at radius 3 is 2.16 bits per heavy atom. The van der Waals surface area contributed by atoms with Crippen molar-refractivity contribution in [3.05, 3.63) is 47.4 Å². The molecule has 0 aromatic heterocycles. The summed E-state index contributed by atoms with van der Waals surface area (Å²) in [5.41, 5.74) is 2.93. The van der Waals surface area contributed by atoms with Gasteiger partial charge >= 0.3 is 25.2 Å². The fraction of sp³-hybridized carbons (Fsp3) is 0.400. The van der Waals surface area contributed by atoms with E-state index in [-0.39, 0.29) is 5.54 Å². The average molecular weight is 328 g/mol. The summed E-state index contributed by atoms with van der Waals surface area (Å²) in [6.07, 6.45) is 2.01. The second kappa shape index (κ2) is 9.19. The zero-order chi connectivity index (χ0) is 14.9. The van der Waals surface area contributed by atoms with Crippen LogP contribution in [0.25, 0.3) is 5.32 Å². The van der Waals surface area contributed by atoms with Crippen LogP contribution >= 0.6 is 10.1 Å². The number of nitrogens with zero attached hydrogens (tertiary/aromatic N) is 2. The van der Waals surface area contributed by atoms with Crippen molar-refractivity contribution in [2.75, 3.05) is 0 Å². The van der Waals surface area contributed by atoms with E-state index < -0.39 is 0 Å². The zero-order valence-corrected chi connectivity index (χ0v) is 13.7. The second-order valence-electron chi connectivity index (χ2n) is 5.16. The van der Waals surface area contributed by atoms with Gasteiger partial charge < -0.3 is 5.32 Å². The molecule has 0 fully saturated rings. The van der Waals surface area contributed by atoms with Crippen molar-refractivity contribution in [3.63, 3.8) is 0 Å². The van der Waals surface area contributed by atoms with Crippen molar-refractivity contribution in [3.8, 4) is 0 Å². The normalized spacial score (nSPS) is 12.6. The SMILES string of the molecule is CC(/C=C(/C)[N-]C(C)(C)C)=Nc1ccccc1.[Cl][Cu+]. The Morgan fingerprint density at radius 2 is 1.68 bits per heavy atom. The predicted molar refractivity (Wildman–Crippen MR) is 81.9 cm³/mol. The van der Waals surface area contributed by atoms with Gasteiger partial charge in [0.25, 0.3) is 0 Å². The van der Waals surface area contributed by atoms with Gasteiger partial charge in [0.1, 0.15) is 0 Å². The van der Waals surface area contributed by atoms with Crippen LogP contribution in [0.2, 0.25) is 0 Å². The third-order valence-corrected chi connectivity index (χ3v) is 1.99. The molecule has 2 nitrogen and oxygen atoms in total. The number of para-hydroxylation sites is 1. The van der Waals surface area contributed by atoms with E-state index in [0.29, 0.717) is 0 Å². The first-order valence-electron chi connectivity index (χ1n) is 6.00. The van der Waals surface area contributed by atoms with Crippen molar-refractivity contribution >= 4 is 21.5 Å². The summed E-state index contributed by atoms with van der Waals surface area (Å²) in [5, 5.41) is 4.57. The summed E-state index contributed by atoms with van der Waals surface area (Å²) in [4.78, 5) is 4.51. The third kappa shape index (κ3) is 9.77. The quantitative estimate of drug-likeness (QED) is 0.514. The standard InChI is InChI=1S/C15H21N2.ClH.Cu/c1-12(11-13(2)17-15(3,4)5)16-14-9-7-6-8-10-14;;/h6-11H,1-5H3;1H;/q-1;;+2/p-1/b13-11-,16-12?;;. The molecule has 0 bridgehead atoms. The molecule has 0 radical (unpaired) electrons. The summed E-state index contributed by atoms with van der Waals surface area (Å²) in [7, 11) is 4.20. The monoisotopic (exact) mass is 327 g/mol. The number of halogens is 1. The van der Waals surface area contributed by atoms with Crippen LogP contribution in [0.3, 0.4) is 0 Å². The molecule has 0 spiro atoms. The fourth-order valence-corrected chi connectivity index (χ4v) is 1.60. The molecule has 0 amide bonds. The molecule has 0 unspecified atom stereocenters. The first-order valence-corrected chi connectivity index (χ1v) is 7.29. The molecule has 109 valence electrons. The van der Waals surface area contributed by atoms with E-state index in [0.717, 1.165) is 17.1 Å². The minimum absolute atomic E-state index is 0.0341. The van der Waals surface area contributed by atoms with Gasteiger partial charge in [0, 0.05) is 5.71 Å². The van der Waals surface area contributed by atoms with Crippen molar-refractivity contribution in [2.45, 2.75) is 40.2 Å². The van der Waals surface area contributed by atoms with Crippen molar-refractivity contribution in [1.82, 2.24) is 0 Å². The second-order valence-corrected chi connectivity index (χ2v) is 5.16. The van der Waals surface area contributed by atoms with Gasteiger partial charge in [-0.1, -0.05) is 52.0 Å². The summed E-state index contributed by atoms with van der Waals surface area (Å²) in [5.74, 6) is 0. The summed E-state index contributed by atoms with van der Waals surface area (Å²) in [6, 6.07) is 9.95. The Hall–Kier alpha value is -0.761. The molecule has 0 atom stereocenters. The minimum atomic E-state index is -0.0341. The molecule has 0 aliphatic carbocycles. The average Bonchev–Trinajstić information content (AvgIpc) is 2.30. The van der Waals surface area contributed by atoms with Gasteiger partial charge in [-0.2, -0.15) is 5.70 Å². The van der Waals surface area contributed by atoms with Gasteiger partial charge in [-0.05, 0) is 19.1 Å². The number of hydrogen-bond donors (Lipinski definition) is 0. The van der Waals surface area contributed by atoms with E-state index in [1.165, 1.54) is 0 Å². The first kappa shape index (κ1) is 18.2. The van der Waals surface area contributed by atoms with Crippen molar-refractivity contribution in [1.29, 1.82) is 0 Å². The van der Waals surface area contributed by atoms with Crippen LogP contribution in [0.15, 0.2) is 47.1 Å². The molecule has 1 aromatic carbocycles. The zero-order valence-electron chi connectivity index (χ0n) is 12.0. The van der Waals surface area contributed by atoms with E-state index >= 15 is 0 Å². The Balaban J connectivity index is 0.00000154. The first-order chi connectivity index (χ1) is 8.87. The summed E-state index contributed by atoms with van der Waals surface area (Å²) >= 11 is 3.66. The number of aliphatic imine (C=N–C) groups is 1. The van der Waals surface area contributed by atoms with Crippen LogP contribution < -0.4 is 0 Å². The Bertz CT molecular complexity index is 420. The maximum absolute atomic E-state index is 4.57. The number of hydrogen-bond acceptors (Lipinski definition) is 1. The Kier molecular flexibility index (Phi) is 8.82. The molecule has 4 heteroatoms. The summed E-state index contributed by atoms with van der Waals surface area (Å²) in [6.45, 7) is 10.3. The van der Waals surface area contributed by atoms with Crippen LogP contribution in [-0.2, 0) is 15.1 Å². The van der Waals surface area contributed by atoms with Crippen molar-refractivity contribution < 1.29 is 15.1 Å².